The monoisotopic (exact) mass is 474 g/mol. The van der Waals surface area contributed by atoms with Gasteiger partial charge in [-0.25, -0.2) is 13.6 Å². The second-order valence-corrected chi connectivity index (χ2v) is 7.72. The highest BCUT2D eigenvalue weighted by Gasteiger charge is 2.32. The molecule has 0 radical (unpaired) electrons. The predicted octanol–water partition coefficient (Wildman–Crippen LogP) is 0.466. The van der Waals surface area contributed by atoms with E-state index < -0.39 is 6.09 Å². The van der Waals surface area contributed by atoms with Crippen LogP contribution < -0.4 is 26.8 Å². The van der Waals surface area contributed by atoms with Crippen molar-refractivity contribution in [1.82, 2.24) is 4.90 Å². The summed E-state index contributed by atoms with van der Waals surface area (Å²) in [6.45, 7) is 2.39. The number of nitrogens with one attached hydrogen (secondary N) is 1. The van der Waals surface area contributed by atoms with Gasteiger partial charge >= 0.3 is 6.09 Å². The molecule has 0 atom stereocenters. The van der Waals surface area contributed by atoms with E-state index in [1.54, 1.807) is 60.5 Å². The molecule has 0 bridgehead atoms. The van der Waals surface area contributed by atoms with Crippen LogP contribution in [0.15, 0.2) is 72.8 Å². The van der Waals surface area contributed by atoms with Crippen LogP contribution >= 0.6 is 0 Å². The molecule has 0 saturated carbocycles. The normalized spacial score (nSPS) is 14.0. The van der Waals surface area contributed by atoms with Crippen LogP contribution in [-0.4, -0.2) is 44.3 Å². The fourth-order valence-corrected chi connectivity index (χ4v) is 4.05. The molecule has 0 aromatic heterocycles. The Morgan fingerprint density at radius 3 is 1.73 bits per heavy atom. The van der Waals surface area contributed by atoms with E-state index in [2.05, 4.69) is 0 Å². The van der Waals surface area contributed by atoms with Crippen molar-refractivity contribution in [3.05, 3.63) is 95.6 Å². The van der Waals surface area contributed by atoms with E-state index in [0.29, 0.717) is 37.7 Å². The van der Waals surface area contributed by atoms with E-state index in [-0.39, 0.29) is 30.1 Å². The molecule has 1 heterocycles. The molecule has 0 spiro atoms. The van der Waals surface area contributed by atoms with Crippen molar-refractivity contribution in [3.8, 4) is 11.5 Å². The summed E-state index contributed by atoms with van der Waals surface area (Å²) in [6.07, 6.45) is -0.394. The minimum atomic E-state index is -0.394. The summed E-state index contributed by atoms with van der Waals surface area (Å²) in [5.41, 5.74) is 1.89. The van der Waals surface area contributed by atoms with Crippen molar-refractivity contribution >= 4 is 6.09 Å². The Hall–Kier alpha value is -3.16. The topological polar surface area (TPSA) is 43.2 Å². The van der Waals surface area contributed by atoms with Gasteiger partial charge in [0.1, 0.15) is 29.2 Å². The lowest BCUT2D eigenvalue weighted by Gasteiger charge is -2.36. The van der Waals surface area contributed by atoms with Crippen LogP contribution in [0, 0.1) is 11.6 Å². The lowest BCUT2D eigenvalue weighted by atomic mass is 9.96. The second kappa shape index (κ2) is 11.1. The van der Waals surface area contributed by atoms with Crippen LogP contribution in [0.1, 0.15) is 17.2 Å². The quantitative estimate of drug-likeness (QED) is 0.584. The number of hydrogen-bond donors (Lipinski definition) is 1. The Morgan fingerprint density at radius 2 is 1.27 bits per heavy atom. The molecule has 1 N–H and O–H groups in total. The first kappa shape index (κ1) is 24.5. The average Bonchev–Trinajstić information content (AvgIpc) is 2.82. The summed E-state index contributed by atoms with van der Waals surface area (Å²) in [5, 5.41) is 0. The molecule has 3 aromatic carbocycles. The van der Waals surface area contributed by atoms with Crippen molar-refractivity contribution in [2.24, 2.45) is 0 Å². The first-order chi connectivity index (χ1) is 15.5. The Kier molecular flexibility index (Phi) is 8.25. The Morgan fingerprint density at radius 1 is 0.818 bits per heavy atom. The lowest BCUT2D eigenvalue weighted by Crippen LogP contribution is -3.15. The van der Waals surface area contributed by atoms with Gasteiger partial charge in [0.15, 0.2) is 0 Å². The maximum Gasteiger partial charge on any atom is 0.415 e. The molecule has 0 aliphatic carbocycles. The molecule has 5 nitrogen and oxygen atoms in total. The smallest absolute Gasteiger partial charge is 0.415 e. The van der Waals surface area contributed by atoms with Crippen molar-refractivity contribution in [2.45, 2.75) is 6.04 Å². The number of nitrogens with zero attached hydrogens (tertiary/aromatic N) is 1. The number of amides is 1. The predicted molar refractivity (Wildman–Crippen MR) is 116 cm³/mol. The summed E-state index contributed by atoms with van der Waals surface area (Å²) in [4.78, 5) is 15.5. The van der Waals surface area contributed by atoms with E-state index in [9.17, 15) is 13.6 Å². The fourth-order valence-electron chi connectivity index (χ4n) is 4.05. The van der Waals surface area contributed by atoms with E-state index in [0.717, 1.165) is 11.1 Å². The van der Waals surface area contributed by atoms with Crippen LogP contribution in [-0.2, 0) is 0 Å². The van der Waals surface area contributed by atoms with Crippen LogP contribution in [0.5, 0.6) is 11.5 Å². The van der Waals surface area contributed by atoms with Gasteiger partial charge in [-0.3, -0.25) is 4.90 Å². The molecule has 174 valence electrons. The number of rotatable bonds is 5. The molecule has 1 amide bonds. The highest BCUT2D eigenvalue weighted by Crippen LogP contribution is 2.21. The number of carbonyl (C=O) groups is 1. The third-order valence-electron chi connectivity index (χ3n) is 5.74. The molecule has 3 aromatic rings. The van der Waals surface area contributed by atoms with Gasteiger partial charge in [-0.05, 0) is 72.8 Å². The standard InChI is InChI=1S/C25H24F2N2O3.ClH/c1-31-22-10-12-23(13-11-22)32-25(30)29-16-14-28(15-17-29)24(18-2-6-20(26)7-3-18)19-4-8-21(27)9-5-19;/h2-13,24H,14-17H2,1H3;1H. The minimum Gasteiger partial charge on any atom is -1.00 e. The molecule has 1 saturated heterocycles. The lowest BCUT2D eigenvalue weighted by molar-refractivity contribution is -0.929. The number of piperazine rings is 1. The first-order valence-electron chi connectivity index (χ1n) is 10.5. The zero-order chi connectivity index (χ0) is 22.5. The summed E-state index contributed by atoms with van der Waals surface area (Å²) in [7, 11) is 1.58. The average molecular weight is 475 g/mol. The number of halogens is 3. The van der Waals surface area contributed by atoms with Gasteiger partial charge in [-0.1, -0.05) is 0 Å². The molecule has 4 rings (SSSR count). The van der Waals surface area contributed by atoms with Crippen molar-refractivity contribution in [3.63, 3.8) is 0 Å². The van der Waals surface area contributed by atoms with Crippen molar-refractivity contribution in [2.75, 3.05) is 33.3 Å². The third-order valence-corrected chi connectivity index (χ3v) is 5.74. The van der Waals surface area contributed by atoms with Crippen molar-refractivity contribution in [1.29, 1.82) is 0 Å². The van der Waals surface area contributed by atoms with Crippen LogP contribution in [0.2, 0.25) is 0 Å². The third kappa shape index (κ3) is 6.00. The number of carbonyl (C=O) groups excluding carboxylic acids is 1. The molecule has 1 aliphatic rings. The molecule has 0 unspecified atom stereocenters. The van der Waals surface area contributed by atoms with Gasteiger partial charge in [0.2, 0.25) is 0 Å². The molecular weight excluding hydrogens is 450 g/mol. The van der Waals surface area contributed by atoms with Crippen LogP contribution in [0.25, 0.3) is 0 Å². The maximum atomic E-state index is 13.5. The summed E-state index contributed by atoms with van der Waals surface area (Å²) in [6, 6.07) is 19.6. The SMILES string of the molecule is COc1ccc(OC(=O)N2CC[NH+](C(c3ccc(F)cc3)c3ccc(F)cc3)CC2)cc1.[Cl-]. The zero-order valence-corrected chi connectivity index (χ0v) is 18.9. The number of methoxy groups -OCH3 is 1. The number of quaternary nitrogens is 1. The minimum absolute atomic E-state index is 0. The number of benzene rings is 3. The first-order valence-corrected chi connectivity index (χ1v) is 10.5. The van der Waals surface area contributed by atoms with Gasteiger partial charge in [0, 0.05) is 11.1 Å². The van der Waals surface area contributed by atoms with Gasteiger partial charge in [0.25, 0.3) is 0 Å². The Balaban J connectivity index is 0.00000306. The Bertz CT molecular complexity index is 993. The van der Waals surface area contributed by atoms with Gasteiger partial charge < -0.3 is 26.8 Å². The summed E-state index contributed by atoms with van der Waals surface area (Å²) in [5.74, 6) is 0.552. The Labute approximate surface area is 197 Å². The van der Waals surface area contributed by atoms with E-state index in [1.165, 1.54) is 29.2 Å². The highest BCUT2D eigenvalue weighted by molar-refractivity contribution is 5.70. The number of ether oxygens (including phenoxy) is 2. The summed E-state index contributed by atoms with van der Waals surface area (Å²) < 4.78 is 37.6. The van der Waals surface area contributed by atoms with Crippen LogP contribution in [0.3, 0.4) is 0 Å². The molecular formula is C25H25ClF2N2O3. The molecule has 33 heavy (non-hydrogen) atoms. The van der Waals surface area contributed by atoms with Gasteiger partial charge in [-0.15, -0.1) is 0 Å². The fraction of sp³-hybridized carbons (Fsp3) is 0.240. The van der Waals surface area contributed by atoms with E-state index in [4.69, 9.17) is 9.47 Å². The number of hydrogen-bond acceptors (Lipinski definition) is 3. The van der Waals surface area contributed by atoms with Gasteiger partial charge in [-0.2, -0.15) is 0 Å². The highest BCUT2D eigenvalue weighted by atomic mass is 35.5. The van der Waals surface area contributed by atoms with Crippen molar-refractivity contribution < 1.29 is 40.4 Å². The maximum absolute atomic E-state index is 13.5. The zero-order valence-electron chi connectivity index (χ0n) is 18.1. The van der Waals surface area contributed by atoms with Gasteiger partial charge in [0.05, 0.1) is 33.3 Å². The molecule has 1 aliphatic heterocycles. The summed E-state index contributed by atoms with van der Waals surface area (Å²) >= 11 is 0. The van der Waals surface area contributed by atoms with Crippen LogP contribution in [0.4, 0.5) is 13.6 Å². The van der Waals surface area contributed by atoms with E-state index >= 15 is 0 Å². The molecule has 8 heteroatoms. The van der Waals surface area contributed by atoms with E-state index in [1.807, 2.05) is 0 Å². The largest absolute Gasteiger partial charge is 1.00 e. The second-order valence-electron chi connectivity index (χ2n) is 7.72. The molecule has 1 fully saturated rings.